The average Bonchev–Trinajstić information content (AvgIpc) is 2.78. The van der Waals surface area contributed by atoms with Crippen molar-refractivity contribution in [1.29, 1.82) is 0 Å². The molecule has 0 radical (unpaired) electrons. The summed E-state index contributed by atoms with van der Waals surface area (Å²) in [5.74, 6) is 5.64. The van der Waals surface area contributed by atoms with Crippen molar-refractivity contribution in [3.05, 3.63) is 47.9 Å². The van der Waals surface area contributed by atoms with Crippen molar-refractivity contribution >= 4 is 21.4 Å². The van der Waals surface area contributed by atoms with Crippen molar-refractivity contribution < 1.29 is 0 Å². The van der Waals surface area contributed by atoms with Crippen LogP contribution in [-0.2, 0) is 0 Å². The van der Waals surface area contributed by atoms with Gasteiger partial charge in [0.05, 0.1) is 6.04 Å². The van der Waals surface area contributed by atoms with E-state index in [1.807, 2.05) is 17.4 Å². The maximum atomic E-state index is 5.64. The fourth-order valence-electron chi connectivity index (χ4n) is 1.95. The summed E-state index contributed by atoms with van der Waals surface area (Å²) in [6.07, 6.45) is 5.17. The molecule has 1 aromatic carbocycles. The molecule has 0 amide bonds. The number of benzene rings is 1. The zero-order chi connectivity index (χ0) is 12.1. The number of unbranched alkanes of at least 4 members (excludes halogenated alkanes) is 1. The molecule has 3 heteroatoms. The molecule has 90 valence electrons. The Kier molecular flexibility index (Phi) is 4.31. The van der Waals surface area contributed by atoms with Crippen LogP contribution in [0.25, 0.3) is 10.1 Å². The summed E-state index contributed by atoms with van der Waals surface area (Å²) in [5.41, 5.74) is 2.91. The molecule has 0 spiro atoms. The molecule has 3 N–H and O–H groups in total. The molecule has 1 aromatic heterocycles. The van der Waals surface area contributed by atoms with Crippen LogP contribution in [0, 0.1) is 0 Å². The highest BCUT2D eigenvalue weighted by molar-refractivity contribution is 7.19. The van der Waals surface area contributed by atoms with E-state index >= 15 is 0 Å². The SMILES string of the molecule is C=CCCCC(NN)c1cc2ccccc2s1. The van der Waals surface area contributed by atoms with Crippen molar-refractivity contribution in [3.63, 3.8) is 0 Å². The third kappa shape index (κ3) is 2.94. The van der Waals surface area contributed by atoms with Crippen molar-refractivity contribution in [2.75, 3.05) is 0 Å². The summed E-state index contributed by atoms with van der Waals surface area (Å²) >= 11 is 1.82. The van der Waals surface area contributed by atoms with Crippen molar-refractivity contribution in [3.8, 4) is 0 Å². The van der Waals surface area contributed by atoms with Gasteiger partial charge in [-0.3, -0.25) is 11.3 Å². The van der Waals surface area contributed by atoms with Gasteiger partial charge in [0.2, 0.25) is 0 Å². The molecule has 1 heterocycles. The summed E-state index contributed by atoms with van der Waals surface area (Å²) in [4.78, 5) is 1.32. The van der Waals surface area contributed by atoms with E-state index in [2.05, 4.69) is 42.3 Å². The van der Waals surface area contributed by atoms with Crippen molar-refractivity contribution in [1.82, 2.24) is 5.43 Å². The van der Waals surface area contributed by atoms with E-state index in [1.165, 1.54) is 15.0 Å². The van der Waals surface area contributed by atoms with Gasteiger partial charge in [-0.25, -0.2) is 0 Å². The molecular formula is C14H18N2S. The zero-order valence-corrected chi connectivity index (χ0v) is 10.7. The topological polar surface area (TPSA) is 38.0 Å². The highest BCUT2D eigenvalue weighted by Crippen LogP contribution is 2.31. The van der Waals surface area contributed by atoms with E-state index in [9.17, 15) is 0 Å². The van der Waals surface area contributed by atoms with Gasteiger partial charge < -0.3 is 0 Å². The third-order valence-electron chi connectivity index (χ3n) is 2.89. The summed E-state index contributed by atoms with van der Waals surface area (Å²) in [5, 5.41) is 1.30. The Bertz CT molecular complexity index is 457. The Balaban J connectivity index is 2.15. The predicted octanol–water partition coefficient (Wildman–Crippen LogP) is 3.76. The van der Waals surface area contributed by atoms with E-state index in [4.69, 9.17) is 5.84 Å². The maximum absolute atomic E-state index is 5.64. The van der Waals surface area contributed by atoms with Gasteiger partial charge in [0.25, 0.3) is 0 Å². The second kappa shape index (κ2) is 5.96. The average molecular weight is 246 g/mol. The molecule has 0 aliphatic rings. The Hall–Kier alpha value is -1.16. The van der Waals surface area contributed by atoms with Crippen LogP contribution < -0.4 is 11.3 Å². The van der Waals surface area contributed by atoms with Gasteiger partial charge in [-0.1, -0.05) is 24.3 Å². The predicted molar refractivity (Wildman–Crippen MR) is 75.9 cm³/mol. The largest absolute Gasteiger partial charge is 0.271 e. The van der Waals surface area contributed by atoms with E-state index in [0.717, 1.165) is 19.3 Å². The quantitative estimate of drug-likeness (QED) is 0.352. The van der Waals surface area contributed by atoms with Crippen molar-refractivity contribution in [2.45, 2.75) is 25.3 Å². The van der Waals surface area contributed by atoms with Crippen LogP contribution in [-0.4, -0.2) is 0 Å². The molecule has 0 aliphatic carbocycles. The molecule has 0 aliphatic heterocycles. The minimum Gasteiger partial charge on any atom is -0.271 e. The normalized spacial score (nSPS) is 12.8. The Labute approximate surface area is 106 Å². The van der Waals surface area contributed by atoms with Gasteiger partial charge in [0, 0.05) is 9.58 Å². The number of hydrogen-bond donors (Lipinski definition) is 2. The molecule has 0 fully saturated rings. The van der Waals surface area contributed by atoms with Gasteiger partial charge in [-0.05, 0) is 36.8 Å². The number of rotatable bonds is 6. The highest BCUT2D eigenvalue weighted by atomic mass is 32.1. The summed E-state index contributed by atoms with van der Waals surface area (Å²) in [6, 6.07) is 10.9. The number of hydrazine groups is 1. The first kappa shape index (κ1) is 12.3. The lowest BCUT2D eigenvalue weighted by Crippen LogP contribution is -2.27. The number of hydrogen-bond acceptors (Lipinski definition) is 3. The Morgan fingerprint density at radius 3 is 2.94 bits per heavy atom. The minimum absolute atomic E-state index is 0.257. The van der Waals surface area contributed by atoms with E-state index < -0.39 is 0 Å². The van der Waals surface area contributed by atoms with E-state index in [1.54, 1.807) is 0 Å². The first-order chi connectivity index (χ1) is 8.35. The fraction of sp³-hybridized carbons (Fsp3) is 0.286. The number of allylic oxidation sites excluding steroid dienone is 1. The standard InChI is InChI=1S/C14H18N2S/c1-2-3-4-8-12(16-15)14-10-11-7-5-6-9-13(11)17-14/h2,5-7,9-10,12,16H,1,3-4,8,15H2. The van der Waals surface area contributed by atoms with Crippen LogP contribution >= 0.6 is 11.3 Å². The van der Waals surface area contributed by atoms with Gasteiger partial charge in [-0.2, -0.15) is 0 Å². The van der Waals surface area contributed by atoms with Gasteiger partial charge in [-0.15, -0.1) is 17.9 Å². The first-order valence-corrected chi connectivity index (χ1v) is 6.72. The van der Waals surface area contributed by atoms with Gasteiger partial charge >= 0.3 is 0 Å². The second-order valence-electron chi connectivity index (χ2n) is 4.13. The Morgan fingerprint density at radius 1 is 1.41 bits per heavy atom. The zero-order valence-electron chi connectivity index (χ0n) is 9.86. The number of nitrogens with two attached hydrogens (primary N) is 1. The maximum Gasteiger partial charge on any atom is 0.0553 e. The van der Waals surface area contributed by atoms with E-state index in [0.29, 0.717) is 0 Å². The van der Waals surface area contributed by atoms with Crippen LogP contribution in [0.5, 0.6) is 0 Å². The van der Waals surface area contributed by atoms with Gasteiger partial charge in [0.1, 0.15) is 0 Å². The van der Waals surface area contributed by atoms with Crippen LogP contribution in [0.2, 0.25) is 0 Å². The molecule has 0 saturated carbocycles. The van der Waals surface area contributed by atoms with Gasteiger partial charge in [0.15, 0.2) is 0 Å². The van der Waals surface area contributed by atoms with Crippen LogP contribution in [0.15, 0.2) is 43.0 Å². The van der Waals surface area contributed by atoms with Crippen LogP contribution in [0.4, 0.5) is 0 Å². The lowest BCUT2D eigenvalue weighted by molar-refractivity contribution is 0.508. The molecule has 1 atom stereocenters. The molecular weight excluding hydrogens is 228 g/mol. The fourth-order valence-corrected chi connectivity index (χ4v) is 3.11. The summed E-state index contributed by atoms with van der Waals surface area (Å²) in [7, 11) is 0. The third-order valence-corrected chi connectivity index (χ3v) is 4.12. The molecule has 17 heavy (non-hydrogen) atoms. The second-order valence-corrected chi connectivity index (χ2v) is 5.24. The van der Waals surface area contributed by atoms with Crippen LogP contribution in [0.3, 0.4) is 0 Å². The number of thiophene rings is 1. The lowest BCUT2D eigenvalue weighted by Gasteiger charge is -2.12. The molecule has 0 bridgehead atoms. The van der Waals surface area contributed by atoms with Crippen LogP contribution in [0.1, 0.15) is 30.2 Å². The molecule has 2 nitrogen and oxygen atoms in total. The molecule has 2 rings (SSSR count). The summed E-state index contributed by atoms with van der Waals surface area (Å²) < 4.78 is 1.33. The molecule has 2 aromatic rings. The number of nitrogens with one attached hydrogen (secondary N) is 1. The minimum atomic E-state index is 0.257. The Morgan fingerprint density at radius 2 is 2.24 bits per heavy atom. The van der Waals surface area contributed by atoms with Crippen molar-refractivity contribution in [2.24, 2.45) is 5.84 Å². The molecule has 1 unspecified atom stereocenters. The highest BCUT2D eigenvalue weighted by Gasteiger charge is 2.12. The smallest absolute Gasteiger partial charge is 0.0553 e. The molecule has 0 saturated heterocycles. The monoisotopic (exact) mass is 246 g/mol. The lowest BCUT2D eigenvalue weighted by atomic mass is 10.1. The summed E-state index contributed by atoms with van der Waals surface area (Å²) in [6.45, 7) is 3.74. The first-order valence-electron chi connectivity index (χ1n) is 5.90. The van der Waals surface area contributed by atoms with E-state index in [-0.39, 0.29) is 6.04 Å². The number of fused-ring (bicyclic) bond motifs is 1.